The lowest BCUT2D eigenvalue weighted by Gasteiger charge is -2.41. The molecule has 1 saturated carbocycles. The molecule has 2 amide bonds. The van der Waals surface area contributed by atoms with Crippen LogP contribution in [0.4, 0.5) is 39.5 Å². The Hall–Kier alpha value is -4.12. The van der Waals surface area contributed by atoms with E-state index < -0.39 is 79.7 Å². The molecule has 53 heavy (non-hydrogen) atoms. The van der Waals surface area contributed by atoms with E-state index in [4.69, 9.17) is 0 Å². The standard InChI is InChI=1S/C36H35F9N2O5S/c1-22(48)47-19-15-23(16-20-47)32(49)46-27-13-17-33(18-14-27,53(50,51)28-11-9-26(37)10-12-28)24-5-7-25(8-6-24)34(35(40,41)42,36(43,44)45)52-21-29-30(38)3-2-4-31(29)39/h2-12,23,27H,13-21H2,1H3,(H,46,49). The number of carbonyl (C=O) groups is 2. The number of ether oxygens (including phenoxy) is 1. The second-order valence-electron chi connectivity index (χ2n) is 13.3. The zero-order valence-corrected chi connectivity index (χ0v) is 29.0. The minimum absolute atomic E-state index is 0.0482. The van der Waals surface area contributed by atoms with E-state index in [2.05, 4.69) is 10.1 Å². The van der Waals surface area contributed by atoms with Crippen molar-refractivity contribution in [1.82, 2.24) is 10.2 Å². The van der Waals surface area contributed by atoms with E-state index in [1.54, 1.807) is 4.90 Å². The summed E-state index contributed by atoms with van der Waals surface area (Å²) in [5.41, 5.74) is -7.95. The summed E-state index contributed by atoms with van der Waals surface area (Å²) in [6.45, 7) is 0.449. The van der Waals surface area contributed by atoms with Gasteiger partial charge in [-0.2, -0.15) is 26.3 Å². The number of sulfone groups is 1. The Bertz CT molecular complexity index is 1870. The van der Waals surface area contributed by atoms with Crippen LogP contribution in [-0.2, 0) is 41.1 Å². The molecular weight excluding hydrogens is 743 g/mol. The number of piperidine rings is 1. The molecule has 0 aromatic heterocycles. The van der Waals surface area contributed by atoms with Gasteiger partial charge in [-0.15, -0.1) is 0 Å². The fraction of sp³-hybridized carbons (Fsp3) is 0.444. The van der Waals surface area contributed by atoms with E-state index in [-0.39, 0.29) is 48.0 Å². The highest BCUT2D eigenvalue weighted by molar-refractivity contribution is 7.92. The minimum atomic E-state index is -6.22. The first-order chi connectivity index (χ1) is 24.7. The predicted molar refractivity (Wildman–Crippen MR) is 172 cm³/mol. The van der Waals surface area contributed by atoms with Gasteiger partial charge in [0.2, 0.25) is 11.8 Å². The van der Waals surface area contributed by atoms with Gasteiger partial charge >= 0.3 is 12.4 Å². The summed E-state index contributed by atoms with van der Waals surface area (Å²) >= 11 is 0. The lowest BCUT2D eigenvalue weighted by Crippen LogP contribution is -2.56. The fourth-order valence-corrected chi connectivity index (χ4v) is 9.32. The number of likely N-dealkylation sites (tertiary alicyclic amines) is 1. The molecule has 0 radical (unpaired) electrons. The van der Waals surface area contributed by atoms with Crippen LogP contribution >= 0.6 is 0 Å². The predicted octanol–water partition coefficient (Wildman–Crippen LogP) is 7.63. The van der Waals surface area contributed by atoms with Crippen molar-refractivity contribution < 1.29 is 62.3 Å². The van der Waals surface area contributed by atoms with Crippen molar-refractivity contribution in [2.45, 2.75) is 85.7 Å². The Labute approximate surface area is 299 Å². The van der Waals surface area contributed by atoms with Gasteiger partial charge in [-0.3, -0.25) is 9.59 Å². The molecule has 0 unspecified atom stereocenters. The Morgan fingerprint density at radius 3 is 1.83 bits per heavy atom. The van der Waals surface area contributed by atoms with Crippen molar-refractivity contribution in [3.05, 3.63) is 101 Å². The lowest BCUT2D eigenvalue weighted by molar-refractivity contribution is -0.392. The van der Waals surface area contributed by atoms with Crippen molar-refractivity contribution in [3.63, 3.8) is 0 Å². The number of carbonyl (C=O) groups excluding carboxylic acids is 2. The molecule has 1 aliphatic heterocycles. The summed E-state index contributed by atoms with van der Waals surface area (Å²) in [4.78, 5) is 26.0. The molecule has 2 aliphatic rings. The molecule has 2 fully saturated rings. The minimum Gasteiger partial charge on any atom is -0.353 e. The summed E-state index contributed by atoms with van der Waals surface area (Å²) in [6.07, 6.45) is -12.0. The van der Waals surface area contributed by atoms with Crippen LogP contribution in [0.2, 0.25) is 0 Å². The van der Waals surface area contributed by atoms with E-state index in [1.807, 2.05) is 0 Å². The maximum absolute atomic E-state index is 14.6. The van der Waals surface area contributed by atoms with Gasteiger partial charge in [0.25, 0.3) is 5.60 Å². The van der Waals surface area contributed by atoms with Crippen LogP contribution < -0.4 is 5.32 Å². The van der Waals surface area contributed by atoms with Gasteiger partial charge in [0.05, 0.1) is 11.5 Å². The maximum atomic E-state index is 14.6. The van der Waals surface area contributed by atoms with Crippen LogP contribution in [0, 0.1) is 23.4 Å². The normalized spacial score (nSPS) is 20.6. The number of alkyl halides is 6. The summed E-state index contributed by atoms with van der Waals surface area (Å²) in [5, 5.41) is 2.91. The van der Waals surface area contributed by atoms with Crippen molar-refractivity contribution >= 4 is 21.7 Å². The molecule has 3 aromatic rings. The SMILES string of the molecule is CC(=O)N1CCC(C(=O)NC2CCC(c3ccc(C(OCc4c(F)cccc4F)(C(F)(F)F)C(F)(F)F)cc3)(S(=O)(=O)c3ccc(F)cc3)CC2)CC1. The third-order valence-electron chi connectivity index (χ3n) is 10.2. The maximum Gasteiger partial charge on any atom is 0.430 e. The Kier molecular flexibility index (Phi) is 11.3. The van der Waals surface area contributed by atoms with Gasteiger partial charge in [0.15, 0.2) is 9.84 Å². The number of hydrogen-bond acceptors (Lipinski definition) is 5. The topological polar surface area (TPSA) is 92.8 Å². The van der Waals surface area contributed by atoms with E-state index in [0.29, 0.717) is 50.2 Å². The number of amides is 2. The largest absolute Gasteiger partial charge is 0.430 e. The average molecular weight is 779 g/mol. The van der Waals surface area contributed by atoms with Crippen LogP contribution in [0.15, 0.2) is 71.6 Å². The van der Waals surface area contributed by atoms with Crippen molar-refractivity contribution in [3.8, 4) is 0 Å². The van der Waals surface area contributed by atoms with Crippen LogP contribution in [0.5, 0.6) is 0 Å². The highest BCUT2D eigenvalue weighted by atomic mass is 32.2. The molecule has 0 bridgehead atoms. The van der Waals surface area contributed by atoms with E-state index in [9.17, 15) is 57.5 Å². The van der Waals surface area contributed by atoms with E-state index in [1.165, 1.54) is 6.92 Å². The second-order valence-corrected chi connectivity index (χ2v) is 15.5. The summed E-state index contributed by atoms with van der Waals surface area (Å²) in [6, 6.07) is 7.83. The first kappa shape index (κ1) is 40.1. The molecule has 0 spiro atoms. The highest BCUT2D eigenvalue weighted by Gasteiger charge is 2.73. The van der Waals surface area contributed by atoms with Crippen molar-refractivity contribution in [2.75, 3.05) is 13.1 Å². The molecule has 1 heterocycles. The van der Waals surface area contributed by atoms with Gasteiger partial charge in [-0.25, -0.2) is 21.6 Å². The number of nitrogens with zero attached hydrogens (tertiary/aromatic N) is 1. The van der Waals surface area contributed by atoms with Crippen LogP contribution in [0.25, 0.3) is 0 Å². The number of benzene rings is 3. The van der Waals surface area contributed by atoms with Gasteiger partial charge in [0, 0.05) is 43.1 Å². The summed E-state index contributed by atoms with van der Waals surface area (Å²) in [5.74, 6) is -4.42. The Morgan fingerprint density at radius 2 is 1.34 bits per heavy atom. The Balaban J connectivity index is 1.48. The number of nitrogens with one attached hydrogen (secondary N) is 1. The lowest BCUT2D eigenvalue weighted by atomic mass is 9.79. The zero-order chi connectivity index (χ0) is 39.0. The first-order valence-corrected chi connectivity index (χ1v) is 18.1. The monoisotopic (exact) mass is 778 g/mol. The summed E-state index contributed by atoms with van der Waals surface area (Å²) < 4.78 is 161. The van der Waals surface area contributed by atoms with Crippen molar-refractivity contribution in [1.29, 1.82) is 0 Å². The molecule has 288 valence electrons. The Morgan fingerprint density at radius 1 is 0.811 bits per heavy atom. The van der Waals surface area contributed by atoms with Gasteiger partial charge in [0.1, 0.15) is 22.2 Å². The highest BCUT2D eigenvalue weighted by Crippen LogP contribution is 2.54. The van der Waals surface area contributed by atoms with Gasteiger partial charge in [-0.05, 0) is 80.5 Å². The molecule has 0 atom stereocenters. The molecule has 5 rings (SSSR count). The molecule has 1 N–H and O–H groups in total. The molecule has 1 saturated heterocycles. The quantitative estimate of drug-likeness (QED) is 0.178. The summed E-state index contributed by atoms with van der Waals surface area (Å²) in [7, 11) is -4.52. The third-order valence-corrected chi connectivity index (χ3v) is 12.8. The molecular formula is C36H35F9N2O5S. The first-order valence-electron chi connectivity index (χ1n) is 16.6. The zero-order valence-electron chi connectivity index (χ0n) is 28.2. The second kappa shape index (κ2) is 15.0. The van der Waals surface area contributed by atoms with E-state index >= 15 is 0 Å². The van der Waals surface area contributed by atoms with E-state index in [0.717, 1.165) is 42.5 Å². The molecule has 1 aliphatic carbocycles. The fourth-order valence-electron chi connectivity index (χ4n) is 7.15. The average Bonchev–Trinajstić information content (AvgIpc) is 3.09. The number of rotatable bonds is 9. The molecule has 17 heteroatoms. The van der Waals surface area contributed by atoms with Gasteiger partial charge in [-0.1, -0.05) is 30.3 Å². The van der Waals surface area contributed by atoms with Crippen LogP contribution in [-0.4, -0.2) is 56.6 Å². The van der Waals surface area contributed by atoms with Crippen LogP contribution in [0.3, 0.4) is 0 Å². The molecule has 3 aromatic carbocycles. The number of hydrogen-bond donors (Lipinski definition) is 1. The smallest absolute Gasteiger partial charge is 0.353 e. The van der Waals surface area contributed by atoms with Crippen LogP contribution in [0.1, 0.15) is 62.1 Å². The molecule has 7 nitrogen and oxygen atoms in total. The van der Waals surface area contributed by atoms with Gasteiger partial charge < -0.3 is 15.0 Å². The third kappa shape index (κ3) is 7.64. The van der Waals surface area contributed by atoms with Crippen molar-refractivity contribution in [2.24, 2.45) is 5.92 Å². The number of halogens is 9.